The van der Waals surface area contributed by atoms with Gasteiger partial charge >= 0.3 is 6.18 Å². The predicted octanol–water partition coefficient (Wildman–Crippen LogP) is 5.62. The number of amides is 1. The van der Waals surface area contributed by atoms with E-state index in [1.807, 2.05) is 30.3 Å². The molecule has 0 bridgehead atoms. The fraction of sp³-hybridized carbons (Fsp3) is 0.267. The number of nitrogens with one attached hydrogen (secondary N) is 1. The van der Waals surface area contributed by atoms with Crippen LogP contribution in [0.1, 0.15) is 41.2 Å². The van der Waals surface area contributed by atoms with Crippen LogP contribution in [0.5, 0.6) is 5.75 Å². The lowest BCUT2D eigenvalue weighted by Gasteiger charge is -2.30. The lowest BCUT2D eigenvalue weighted by Crippen LogP contribution is -2.47. The molecule has 0 spiro atoms. The van der Waals surface area contributed by atoms with Crippen molar-refractivity contribution in [2.45, 2.75) is 37.2 Å². The first kappa shape index (κ1) is 27.9. The van der Waals surface area contributed by atoms with Crippen molar-refractivity contribution in [1.29, 1.82) is 0 Å². The molecule has 0 aliphatic carbocycles. The van der Waals surface area contributed by atoms with Gasteiger partial charge in [-0.05, 0) is 41.5 Å². The largest absolute Gasteiger partial charge is 0.494 e. The third-order valence-electron chi connectivity index (χ3n) is 6.35. The van der Waals surface area contributed by atoms with Crippen LogP contribution in [0.2, 0.25) is 0 Å². The normalized spacial score (nSPS) is 18.7. The standard InChI is InChI=1S/C30H29F3N2O4/c1-2-17-29(28(37)34-20-23-11-6-7-12-25(23)30(31,32)33)26(21-9-4-3-5-10-21)39-27(35-29)22-13-15-24(16-14-22)38-19-8-18-36/h2-7,9-16,26,36H,1,8,17-20H2,(H,34,37)/t26-,29-/m1/s1. The number of aliphatic imine (C=N–C) groups is 1. The fourth-order valence-corrected chi connectivity index (χ4v) is 4.44. The fourth-order valence-electron chi connectivity index (χ4n) is 4.44. The van der Waals surface area contributed by atoms with Gasteiger partial charge in [-0.15, -0.1) is 6.58 Å². The average Bonchev–Trinajstić information content (AvgIpc) is 3.33. The third kappa shape index (κ3) is 6.31. The Labute approximate surface area is 224 Å². The maximum Gasteiger partial charge on any atom is 0.416 e. The molecular formula is C30H29F3N2O4. The summed E-state index contributed by atoms with van der Waals surface area (Å²) in [6, 6.07) is 21.2. The van der Waals surface area contributed by atoms with Gasteiger partial charge in [0.15, 0.2) is 11.6 Å². The number of aliphatic hydroxyl groups is 1. The Hall–Kier alpha value is -4.11. The predicted molar refractivity (Wildman–Crippen MR) is 141 cm³/mol. The van der Waals surface area contributed by atoms with Crippen molar-refractivity contribution in [1.82, 2.24) is 5.32 Å². The monoisotopic (exact) mass is 538 g/mol. The van der Waals surface area contributed by atoms with Gasteiger partial charge < -0.3 is 19.9 Å². The van der Waals surface area contributed by atoms with E-state index in [1.54, 1.807) is 30.3 Å². The van der Waals surface area contributed by atoms with E-state index in [9.17, 15) is 18.0 Å². The highest BCUT2D eigenvalue weighted by molar-refractivity contribution is 6.01. The number of hydrogen-bond donors (Lipinski definition) is 2. The number of hydrogen-bond acceptors (Lipinski definition) is 5. The second kappa shape index (κ2) is 12.2. The molecule has 0 saturated heterocycles. The number of rotatable bonds is 11. The summed E-state index contributed by atoms with van der Waals surface area (Å²) in [7, 11) is 0. The molecule has 0 aromatic heterocycles. The summed E-state index contributed by atoms with van der Waals surface area (Å²) in [4.78, 5) is 18.5. The van der Waals surface area contributed by atoms with Crippen molar-refractivity contribution in [2.24, 2.45) is 4.99 Å². The van der Waals surface area contributed by atoms with Crippen molar-refractivity contribution in [2.75, 3.05) is 13.2 Å². The third-order valence-corrected chi connectivity index (χ3v) is 6.35. The van der Waals surface area contributed by atoms with E-state index in [-0.39, 0.29) is 31.0 Å². The minimum Gasteiger partial charge on any atom is -0.494 e. The van der Waals surface area contributed by atoms with Crippen molar-refractivity contribution in [3.05, 3.63) is 114 Å². The Kier molecular flexibility index (Phi) is 8.71. The minimum absolute atomic E-state index is 0.0266. The Morgan fingerprint density at radius 1 is 1.08 bits per heavy atom. The first-order chi connectivity index (χ1) is 18.8. The lowest BCUT2D eigenvalue weighted by atomic mass is 9.84. The summed E-state index contributed by atoms with van der Waals surface area (Å²) in [5, 5.41) is 11.6. The van der Waals surface area contributed by atoms with Gasteiger partial charge in [-0.1, -0.05) is 54.6 Å². The van der Waals surface area contributed by atoms with E-state index >= 15 is 0 Å². The highest BCUT2D eigenvalue weighted by atomic mass is 19.4. The van der Waals surface area contributed by atoms with Crippen LogP contribution in [0.4, 0.5) is 13.2 Å². The molecule has 204 valence electrons. The molecule has 3 aromatic rings. The maximum atomic E-state index is 13.8. The first-order valence-electron chi connectivity index (χ1n) is 12.5. The second-order valence-electron chi connectivity index (χ2n) is 9.03. The minimum atomic E-state index is -4.55. The number of nitrogens with zero attached hydrogens (tertiary/aromatic N) is 1. The van der Waals surface area contributed by atoms with Gasteiger partial charge in [-0.25, -0.2) is 4.99 Å². The molecule has 0 saturated carbocycles. The molecule has 9 heteroatoms. The first-order valence-corrected chi connectivity index (χ1v) is 12.5. The number of ether oxygens (including phenoxy) is 2. The quantitative estimate of drug-likeness (QED) is 0.246. The highest BCUT2D eigenvalue weighted by Crippen LogP contribution is 2.43. The van der Waals surface area contributed by atoms with Gasteiger partial charge in [-0.3, -0.25) is 4.79 Å². The summed E-state index contributed by atoms with van der Waals surface area (Å²) in [5.41, 5.74) is -1.07. The van der Waals surface area contributed by atoms with E-state index in [4.69, 9.17) is 19.6 Å². The zero-order chi connectivity index (χ0) is 27.9. The molecular weight excluding hydrogens is 509 g/mol. The molecule has 6 nitrogen and oxygen atoms in total. The molecule has 1 heterocycles. The average molecular weight is 539 g/mol. The van der Waals surface area contributed by atoms with Crippen LogP contribution in [0.3, 0.4) is 0 Å². The highest BCUT2D eigenvalue weighted by Gasteiger charge is 2.52. The zero-order valence-electron chi connectivity index (χ0n) is 21.2. The molecule has 4 rings (SSSR count). The summed E-state index contributed by atoms with van der Waals surface area (Å²) in [5.74, 6) is 0.245. The van der Waals surface area contributed by atoms with Gasteiger partial charge in [0.25, 0.3) is 5.91 Å². The molecule has 2 N–H and O–H groups in total. The van der Waals surface area contributed by atoms with Crippen molar-refractivity contribution in [3.63, 3.8) is 0 Å². The van der Waals surface area contributed by atoms with E-state index in [0.717, 1.165) is 6.07 Å². The van der Waals surface area contributed by atoms with Crippen LogP contribution in [0, 0.1) is 0 Å². The van der Waals surface area contributed by atoms with Crippen molar-refractivity contribution >= 4 is 11.8 Å². The molecule has 39 heavy (non-hydrogen) atoms. The topological polar surface area (TPSA) is 80.2 Å². The van der Waals surface area contributed by atoms with Crippen LogP contribution in [0.25, 0.3) is 0 Å². The Morgan fingerprint density at radius 2 is 1.77 bits per heavy atom. The Balaban J connectivity index is 1.66. The van der Waals surface area contributed by atoms with Crippen LogP contribution in [-0.2, 0) is 22.3 Å². The number of benzene rings is 3. The summed E-state index contributed by atoms with van der Waals surface area (Å²) in [6.45, 7) is 3.86. The molecule has 1 amide bonds. The summed E-state index contributed by atoms with van der Waals surface area (Å²) < 4.78 is 52.4. The zero-order valence-corrected chi connectivity index (χ0v) is 21.2. The van der Waals surface area contributed by atoms with Crippen LogP contribution < -0.4 is 10.1 Å². The number of carbonyl (C=O) groups excluding carboxylic acids is 1. The van der Waals surface area contributed by atoms with E-state index < -0.39 is 29.3 Å². The second-order valence-corrected chi connectivity index (χ2v) is 9.03. The molecule has 2 atom stereocenters. The van der Waals surface area contributed by atoms with Gasteiger partial charge in [0.2, 0.25) is 5.90 Å². The molecule has 1 aliphatic heterocycles. The van der Waals surface area contributed by atoms with Crippen molar-refractivity contribution in [3.8, 4) is 5.75 Å². The Bertz CT molecular complexity index is 1310. The number of halogens is 3. The molecule has 0 fully saturated rings. The molecule has 3 aromatic carbocycles. The molecule has 0 unspecified atom stereocenters. The number of alkyl halides is 3. The van der Waals surface area contributed by atoms with Gasteiger partial charge in [-0.2, -0.15) is 13.2 Å². The smallest absolute Gasteiger partial charge is 0.416 e. The van der Waals surface area contributed by atoms with Crippen molar-refractivity contribution < 1.29 is 32.5 Å². The van der Waals surface area contributed by atoms with E-state index in [0.29, 0.717) is 29.9 Å². The summed E-state index contributed by atoms with van der Waals surface area (Å²) >= 11 is 0. The number of carbonyl (C=O) groups is 1. The Morgan fingerprint density at radius 3 is 2.44 bits per heavy atom. The molecule has 0 radical (unpaired) electrons. The van der Waals surface area contributed by atoms with Gasteiger partial charge in [0.05, 0.1) is 12.2 Å². The SMILES string of the molecule is C=CC[C@@]1(C(=O)NCc2ccccc2C(F)(F)F)N=C(c2ccc(OCCCO)cc2)O[C@@H]1c1ccccc1. The van der Waals surface area contributed by atoms with Gasteiger partial charge in [0.1, 0.15) is 5.75 Å². The van der Waals surface area contributed by atoms with Crippen LogP contribution in [0.15, 0.2) is 96.5 Å². The van der Waals surface area contributed by atoms with E-state index in [2.05, 4.69) is 11.9 Å². The van der Waals surface area contributed by atoms with E-state index in [1.165, 1.54) is 18.2 Å². The van der Waals surface area contributed by atoms with Gasteiger partial charge in [0, 0.05) is 31.6 Å². The van der Waals surface area contributed by atoms with Crippen LogP contribution >= 0.6 is 0 Å². The van der Waals surface area contributed by atoms with Crippen LogP contribution in [-0.4, -0.2) is 35.7 Å². The molecule has 1 aliphatic rings. The summed E-state index contributed by atoms with van der Waals surface area (Å²) in [6.07, 6.45) is -3.26. The maximum absolute atomic E-state index is 13.8. The number of aliphatic hydroxyl groups excluding tert-OH is 1. The lowest BCUT2D eigenvalue weighted by molar-refractivity contribution is -0.138.